The lowest BCUT2D eigenvalue weighted by molar-refractivity contribution is -0.140. The van der Waals surface area contributed by atoms with Crippen molar-refractivity contribution in [1.29, 1.82) is 0 Å². The van der Waals surface area contributed by atoms with Gasteiger partial charge in [-0.3, -0.25) is 4.79 Å². The molecule has 0 aromatic rings. The maximum absolute atomic E-state index is 11.0. The lowest BCUT2D eigenvalue weighted by atomic mass is 10.1. The highest BCUT2D eigenvalue weighted by atomic mass is 35.5. The molecule has 0 radical (unpaired) electrons. The number of carbonyl (C=O) groups excluding carboxylic acids is 1. The van der Waals surface area contributed by atoms with Crippen LogP contribution < -0.4 is 0 Å². The predicted octanol–water partition coefficient (Wildman–Crippen LogP) is 4.69. The van der Waals surface area contributed by atoms with Crippen LogP contribution in [0.2, 0.25) is 0 Å². The van der Waals surface area contributed by atoms with E-state index in [4.69, 9.17) is 11.6 Å². The second-order valence-electron chi connectivity index (χ2n) is 4.64. The first-order valence-electron chi connectivity index (χ1n) is 6.91. The minimum atomic E-state index is -0.204. The molecule has 0 saturated carbocycles. The third-order valence-electron chi connectivity index (χ3n) is 2.99. The molecule has 102 valence electrons. The smallest absolute Gasteiger partial charge is 0.307 e. The molecule has 0 aliphatic rings. The standard InChI is InChI=1S/C14H27ClO2/c1-3-4-5-6-7-8-9-10-11-13(15)12-14(16)17-2/h13H,3-12H2,1-2H3. The molecule has 0 fully saturated rings. The van der Waals surface area contributed by atoms with Crippen molar-refractivity contribution in [2.24, 2.45) is 0 Å². The lowest BCUT2D eigenvalue weighted by Crippen LogP contribution is -2.09. The van der Waals surface area contributed by atoms with Gasteiger partial charge in [0.25, 0.3) is 0 Å². The van der Waals surface area contributed by atoms with Gasteiger partial charge in [-0.2, -0.15) is 0 Å². The number of ether oxygens (including phenoxy) is 1. The molecule has 0 N–H and O–H groups in total. The molecule has 17 heavy (non-hydrogen) atoms. The van der Waals surface area contributed by atoms with Gasteiger partial charge in [-0.05, 0) is 6.42 Å². The Morgan fingerprint density at radius 2 is 1.59 bits per heavy atom. The van der Waals surface area contributed by atoms with Crippen LogP contribution in [0.15, 0.2) is 0 Å². The monoisotopic (exact) mass is 262 g/mol. The zero-order chi connectivity index (χ0) is 12.9. The highest BCUT2D eigenvalue weighted by Crippen LogP contribution is 2.15. The van der Waals surface area contributed by atoms with E-state index in [2.05, 4.69) is 11.7 Å². The van der Waals surface area contributed by atoms with Gasteiger partial charge >= 0.3 is 5.97 Å². The number of unbranched alkanes of at least 4 members (excludes halogenated alkanes) is 7. The Hall–Kier alpha value is -0.240. The van der Waals surface area contributed by atoms with Crippen molar-refractivity contribution in [2.45, 2.75) is 76.5 Å². The summed E-state index contributed by atoms with van der Waals surface area (Å²) in [4.78, 5) is 11.0. The Bertz CT molecular complexity index is 183. The maximum Gasteiger partial charge on any atom is 0.307 e. The third-order valence-corrected chi connectivity index (χ3v) is 3.36. The summed E-state index contributed by atoms with van der Waals surface area (Å²) in [6, 6.07) is 0. The fourth-order valence-electron chi connectivity index (χ4n) is 1.87. The van der Waals surface area contributed by atoms with Gasteiger partial charge in [0.2, 0.25) is 0 Å². The van der Waals surface area contributed by atoms with Crippen LogP contribution in [0.25, 0.3) is 0 Å². The highest BCUT2D eigenvalue weighted by Gasteiger charge is 2.10. The zero-order valence-electron chi connectivity index (χ0n) is 11.3. The minimum Gasteiger partial charge on any atom is -0.469 e. The summed E-state index contributed by atoms with van der Waals surface area (Å²) >= 11 is 6.03. The van der Waals surface area contributed by atoms with E-state index in [0.717, 1.165) is 12.8 Å². The molecule has 0 saturated heterocycles. The molecule has 1 atom stereocenters. The van der Waals surface area contributed by atoms with Crippen LogP contribution in [0.1, 0.15) is 71.1 Å². The van der Waals surface area contributed by atoms with Gasteiger partial charge in [-0.15, -0.1) is 11.6 Å². The maximum atomic E-state index is 11.0. The molecule has 0 rings (SSSR count). The Balaban J connectivity index is 3.19. The second kappa shape index (κ2) is 12.2. The van der Waals surface area contributed by atoms with E-state index >= 15 is 0 Å². The quantitative estimate of drug-likeness (QED) is 0.307. The number of esters is 1. The summed E-state index contributed by atoms with van der Waals surface area (Å²) in [6.45, 7) is 2.24. The molecule has 0 amide bonds. The number of methoxy groups -OCH3 is 1. The molecule has 0 aliphatic carbocycles. The average Bonchev–Trinajstić information content (AvgIpc) is 2.32. The number of rotatable bonds is 11. The van der Waals surface area contributed by atoms with Gasteiger partial charge in [0.15, 0.2) is 0 Å². The van der Waals surface area contributed by atoms with E-state index in [1.165, 1.54) is 52.1 Å². The van der Waals surface area contributed by atoms with Gasteiger partial charge in [-0.25, -0.2) is 0 Å². The Labute approximate surface area is 111 Å². The summed E-state index contributed by atoms with van der Waals surface area (Å²) in [5.74, 6) is -0.204. The first-order valence-corrected chi connectivity index (χ1v) is 7.35. The Morgan fingerprint density at radius 1 is 1.06 bits per heavy atom. The molecule has 0 aromatic carbocycles. The number of hydrogen-bond acceptors (Lipinski definition) is 2. The van der Waals surface area contributed by atoms with Crippen molar-refractivity contribution in [3.05, 3.63) is 0 Å². The molecule has 0 aliphatic heterocycles. The highest BCUT2D eigenvalue weighted by molar-refractivity contribution is 6.21. The summed E-state index contributed by atoms with van der Waals surface area (Å²) in [7, 11) is 1.41. The van der Waals surface area contributed by atoms with Crippen molar-refractivity contribution in [2.75, 3.05) is 7.11 Å². The van der Waals surface area contributed by atoms with Crippen molar-refractivity contribution >= 4 is 17.6 Å². The largest absolute Gasteiger partial charge is 0.469 e. The van der Waals surface area contributed by atoms with E-state index in [1.54, 1.807) is 0 Å². The fraction of sp³-hybridized carbons (Fsp3) is 0.929. The summed E-state index contributed by atoms with van der Waals surface area (Å²) in [6.07, 6.45) is 11.7. The normalized spacial score (nSPS) is 12.4. The van der Waals surface area contributed by atoms with Crippen LogP contribution in [0.5, 0.6) is 0 Å². The van der Waals surface area contributed by atoms with Crippen LogP contribution in [-0.4, -0.2) is 18.5 Å². The van der Waals surface area contributed by atoms with Crippen LogP contribution in [0, 0.1) is 0 Å². The van der Waals surface area contributed by atoms with Crippen LogP contribution >= 0.6 is 11.6 Å². The lowest BCUT2D eigenvalue weighted by Gasteiger charge is -2.07. The van der Waals surface area contributed by atoms with Crippen molar-refractivity contribution < 1.29 is 9.53 Å². The third kappa shape index (κ3) is 12.0. The number of hydrogen-bond donors (Lipinski definition) is 0. The molecule has 0 heterocycles. The Morgan fingerprint density at radius 3 is 2.12 bits per heavy atom. The van der Waals surface area contributed by atoms with E-state index in [9.17, 15) is 4.79 Å². The van der Waals surface area contributed by atoms with Gasteiger partial charge in [-0.1, -0.05) is 58.3 Å². The van der Waals surface area contributed by atoms with E-state index in [0.29, 0.717) is 6.42 Å². The molecule has 2 nitrogen and oxygen atoms in total. The number of halogens is 1. The zero-order valence-corrected chi connectivity index (χ0v) is 12.1. The molecule has 0 aromatic heterocycles. The summed E-state index contributed by atoms with van der Waals surface area (Å²) < 4.78 is 4.58. The first-order chi connectivity index (χ1) is 8.20. The van der Waals surface area contributed by atoms with Gasteiger partial charge in [0.05, 0.1) is 13.5 Å². The SMILES string of the molecule is CCCCCCCCCCC(Cl)CC(=O)OC. The van der Waals surface area contributed by atoms with E-state index < -0.39 is 0 Å². The van der Waals surface area contributed by atoms with Gasteiger partial charge < -0.3 is 4.74 Å². The fourth-order valence-corrected chi connectivity index (χ4v) is 2.15. The molecular weight excluding hydrogens is 236 g/mol. The molecule has 0 spiro atoms. The number of carbonyl (C=O) groups is 1. The molecule has 0 bridgehead atoms. The summed E-state index contributed by atoms with van der Waals surface area (Å²) in [5.41, 5.74) is 0. The van der Waals surface area contributed by atoms with Crippen molar-refractivity contribution in [1.82, 2.24) is 0 Å². The second-order valence-corrected chi connectivity index (χ2v) is 5.26. The van der Waals surface area contributed by atoms with Crippen LogP contribution in [-0.2, 0) is 9.53 Å². The van der Waals surface area contributed by atoms with Crippen LogP contribution in [0.3, 0.4) is 0 Å². The van der Waals surface area contributed by atoms with Crippen molar-refractivity contribution in [3.8, 4) is 0 Å². The predicted molar refractivity (Wildman–Crippen MR) is 73.5 cm³/mol. The topological polar surface area (TPSA) is 26.3 Å². The minimum absolute atomic E-state index is 0.0532. The molecular formula is C14H27ClO2. The van der Waals surface area contributed by atoms with Crippen molar-refractivity contribution in [3.63, 3.8) is 0 Å². The van der Waals surface area contributed by atoms with Crippen LogP contribution in [0.4, 0.5) is 0 Å². The average molecular weight is 263 g/mol. The number of alkyl halides is 1. The van der Waals surface area contributed by atoms with Gasteiger partial charge in [0, 0.05) is 5.38 Å². The molecule has 3 heteroatoms. The first kappa shape index (κ1) is 16.8. The molecule has 1 unspecified atom stereocenters. The van der Waals surface area contributed by atoms with E-state index in [1.807, 2.05) is 0 Å². The van der Waals surface area contributed by atoms with E-state index in [-0.39, 0.29) is 11.3 Å². The summed E-state index contributed by atoms with van der Waals surface area (Å²) in [5, 5.41) is -0.0532. The Kier molecular flexibility index (Phi) is 12.1. The van der Waals surface area contributed by atoms with Gasteiger partial charge in [0.1, 0.15) is 0 Å².